The van der Waals surface area contributed by atoms with Gasteiger partial charge in [-0.05, 0) is 18.2 Å². The van der Waals surface area contributed by atoms with E-state index in [4.69, 9.17) is 4.42 Å². The minimum absolute atomic E-state index is 0.104. The van der Waals surface area contributed by atoms with Crippen molar-refractivity contribution >= 4 is 11.6 Å². The second-order valence-corrected chi connectivity index (χ2v) is 5.43. The van der Waals surface area contributed by atoms with Crippen molar-refractivity contribution in [2.24, 2.45) is 0 Å². The van der Waals surface area contributed by atoms with E-state index in [0.717, 1.165) is 6.07 Å². The Hall–Kier alpha value is -3.31. The molecule has 0 fully saturated rings. The lowest BCUT2D eigenvalue weighted by molar-refractivity contribution is -0.143. The number of anilines is 1. The van der Waals surface area contributed by atoms with Crippen LogP contribution >= 0.6 is 0 Å². The molecule has 0 unspecified atom stereocenters. The second-order valence-electron chi connectivity index (χ2n) is 5.43. The summed E-state index contributed by atoms with van der Waals surface area (Å²) in [6, 6.07) is 4.05. The van der Waals surface area contributed by atoms with Gasteiger partial charge in [-0.25, -0.2) is 17.6 Å². The van der Waals surface area contributed by atoms with Gasteiger partial charge in [0.05, 0.1) is 6.54 Å². The van der Waals surface area contributed by atoms with E-state index in [-0.39, 0.29) is 12.3 Å². The first-order valence-corrected chi connectivity index (χ1v) is 7.40. The lowest BCUT2D eigenvalue weighted by Gasteiger charge is -2.14. The van der Waals surface area contributed by atoms with Crippen LogP contribution in [0.1, 0.15) is 21.9 Å². The molecule has 0 saturated heterocycles. The third-order valence-electron chi connectivity index (χ3n) is 3.55. The van der Waals surface area contributed by atoms with Gasteiger partial charge >= 0.3 is 6.18 Å². The largest absolute Gasteiger partial charge is 0.454 e. The van der Waals surface area contributed by atoms with Gasteiger partial charge in [-0.2, -0.15) is 18.3 Å². The number of carbonyl (C=O) groups excluding carboxylic acids is 1. The normalized spacial score (nSPS) is 11.7. The molecule has 1 aromatic carbocycles. The number of nitrogens with one attached hydrogen (secondary N) is 1. The van der Waals surface area contributed by atoms with Crippen molar-refractivity contribution in [1.82, 2.24) is 9.78 Å². The second kappa shape index (κ2) is 7.02. The van der Waals surface area contributed by atoms with Crippen LogP contribution in [0.4, 0.5) is 36.4 Å². The number of aromatic nitrogens is 2. The molecule has 28 heavy (non-hydrogen) atoms. The molecule has 0 saturated carbocycles. The van der Waals surface area contributed by atoms with E-state index in [1.165, 1.54) is 22.3 Å². The first kappa shape index (κ1) is 19.5. The highest BCUT2D eigenvalue weighted by atomic mass is 19.4. The summed E-state index contributed by atoms with van der Waals surface area (Å²) in [7, 11) is 0. The van der Waals surface area contributed by atoms with Crippen LogP contribution in [-0.2, 0) is 12.7 Å². The zero-order valence-corrected chi connectivity index (χ0v) is 13.5. The number of furan rings is 1. The highest BCUT2D eigenvalue weighted by Gasteiger charge is 2.42. The Balaban J connectivity index is 1.88. The number of halogens is 7. The summed E-state index contributed by atoms with van der Waals surface area (Å²) in [5.41, 5.74) is -4.45. The van der Waals surface area contributed by atoms with Gasteiger partial charge in [0.2, 0.25) is 0 Å². The topological polar surface area (TPSA) is 60.1 Å². The summed E-state index contributed by atoms with van der Waals surface area (Å²) >= 11 is 0. The Kier molecular flexibility index (Phi) is 4.87. The third-order valence-corrected chi connectivity index (χ3v) is 3.55. The minimum Gasteiger partial charge on any atom is -0.454 e. The number of benzene rings is 1. The summed E-state index contributed by atoms with van der Waals surface area (Å²) in [6.45, 7) is 0.104. The molecule has 2 heterocycles. The van der Waals surface area contributed by atoms with Gasteiger partial charge in [0.1, 0.15) is 17.0 Å². The van der Waals surface area contributed by atoms with E-state index in [2.05, 4.69) is 5.10 Å². The van der Waals surface area contributed by atoms with Crippen molar-refractivity contribution < 1.29 is 39.9 Å². The van der Waals surface area contributed by atoms with E-state index in [1.807, 2.05) is 0 Å². The van der Waals surface area contributed by atoms with E-state index in [0.29, 0.717) is 0 Å². The molecule has 12 heteroatoms. The lowest BCUT2D eigenvalue weighted by Crippen LogP contribution is -2.20. The standard InChI is InChI=1S/C16H8F7N3O2/c17-10-9(16(21,22)23)11(18)13(20)14(12(10)19)25-15(27)8-3-2-7(28-8)6-26-5-1-4-24-26/h1-5H,6H2,(H,25,27). The minimum atomic E-state index is -5.68. The molecule has 0 aliphatic carbocycles. The van der Waals surface area contributed by atoms with Crippen LogP contribution in [0, 0.1) is 23.3 Å². The Morgan fingerprint density at radius 1 is 1.07 bits per heavy atom. The number of nitrogens with zero attached hydrogens (tertiary/aromatic N) is 2. The van der Waals surface area contributed by atoms with Crippen LogP contribution in [0.5, 0.6) is 0 Å². The predicted molar refractivity (Wildman–Crippen MR) is 79.3 cm³/mol. The monoisotopic (exact) mass is 407 g/mol. The zero-order chi connectivity index (χ0) is 20.6. The van der Waals surface area contributed by atoms with Crippen LogP contribution in [0.25, 0.3) is 0 Å². The number of amides is 1. The summed E-state index contributed by atoms with van der Waals surface area (Å²) in [4.78, 5) is 12.0. The van der Waals surface area contributed by atoms with Gasteiger partial charge in [0, 0.05) is 12.4 Å². The molecule has 1 amide bonds. The maximum atomic E-state index is 13.8. The smallest absolute Gasteiger partial charge is 0.422 e. The van der Waals surface area contributed by atoms with Crippen molar-refractivity contribution in [2.75, 3.05) is 5.32 Å². The van der Waals surface area contributed by atoms with Crippen LogP contribution in [-0.4, -0.2) is 15.7 Å². The van der Waals surface area contributed by atoms with Gasteiger partial charge in [0.15, 0.2) is 29.0 Å². The molecule has 0 atom stereocenters. The number of hydrogen-bond donors (Lipinski definition) is 1. The van der Waals surface area contributed by atoms with E-state index in [1.54, 1.807) is 12.3 Å². The van der Waals surface area contributed by atoms with E-state index < -0.39 is 52.4 Å². The van der Waals surface area contributed by atoms with Crippen LogP contribution < -0.4 is 5.32 Å². The molecule has 0 radical (unpaired) electrons. The highest BCUT2D eigenvalue weighted by molar-refractivity contribution is 6.02. The first-order chi connectivity index (χ1) is 13.1. The van der Waals surface area contributed by atoms with Gasteiger partial charge in [-0.1, -0.05) is 0 Å². The average molecular weight is 407 g/mol. The lowest BCUT2D eigenvalue weighted by atomic mass is 10.1. The Labute approximate surface area is 151 Å². The number of rotatable bonds is 4. The van der Waals surface area contributed by atoms with Crippen molar-refractivity contribution in [2.45, 2.75) is 12.7 Å². The molecule has 0 aliphatic rings. The fourth-order valence-electron chi connectivity index (χ4n) is 2.30. The molecule has 3 aromatic rings. The fourth-order valence-corrected chi connectivity index (χ4v) is 2.30. The predicted octanol–water partition coefficient (Wildman–Crippen LogP) is 4.35. The summed E-state index contributed by atoms with van der Waals surface area (Å²) < 4.78 is 99.1. The average Bonchev–Trinajstić information content (AvgIpc) is 3.28. The molecule has 5 nitrogen and oxygen atoms in total. The zero-order valence-electron chi connectivity index (χ0n) is 13.5. The maximum Gasteiger partial charge on any atom is 0.422 e. The number of carbonyl (C=O) groups is 1. The van der Waals surface area contributed by atoms with Gasteiger partial charge in [-0.3, -0.25) is 9.48 Å². The Morgan fingerprint density at radius 3 is 2.25 bits per heavy atom. The molecular weight excluding hydrogens is 399 g/mol. The van der Waals surface area contributed by atoms with E-state index in [9.17, 15) is 35.5 Å². The third kappa shape index (κ3) is 3.57. The highest BCUT2D eigenvalue weighted by Crippen LogP contribution is 2.38. The Bertz CT molecular complexity index is 997. The van der Waals surface area contributed by atoms with Gasteiger partial charge < -0.3 is 9.73 Å². The quantitative estimate of drug-likeness (QED) is 0.517. The molecule has 2 aromatic heterocycles. The van der Waals surface area contributed by atoms with Crippen molar-refractivity contribution in [3.8, 4) is 0 Å². The van der Waals surface area contributed by atoms with Gasteiger partial charge in [0.25, 0.3) is 5.91 Å². The Morgan fingerprint density at radius 2 is 1.71 bits per heavy atom. The molecule has 3 rings (SSSR count). The first-order valence-electron chi connectivity index (χ1n) is 7.40. The molecule has 148 valence electrons. The molecule has 1 N–H and O–H groups in total. The summed E-state index contributed by atoms with van der Waals surface area (Å²) in [5.74, 6) is -11.8. The summed E-state index contributed by atoms with van der Waals surface area (Å²) in [6.07, 6.45) is -2.61. The SMILES string of the molecule is O=C(Nc1c(F)c(F)c(C(F)(F)F)c(F)c1F)c1ccc(Cn2cccn2)o1. The number of hydrogen-bond acceptors (Lipinski definition) is 3. The molecule has 0 aliphatic heterocycles. The van der Waals surface area contributed by atoms with Crippen molar-refractivity contribution in [3.05, 3.63) is 70.9 Å². The van der Waals surface area contributed by atoms with E-state index >= 15 is 0 Å². The maximum absolute atomic E-state index is 13.8. The molecule has 0 bridgehead atoms. The van der Waals surface area contributed by atoms with Crippen molar-refractivity contribution in [1.29, 1.82) is 0 Å². The molecular formula is C16H8F7N3O2. The number of alkyl halides is 3. The van der Waals surface area contributed by atoms with Gasteiger partial charge in [-0.15, -0.1) is 0 Å². The van der Waals surface area contributed by atoms with Crippen LogP contribution in [0.15, 0.2) is 35.0 Å². The summed E-state index contributed by atoms with van der Waals surface area (Å²) in [5, 5.41) is 5.36. The fraction of sp³-hybridized carbons (Fsp3) is 0.125. The van der Waals surface area contributed by atoms with Crippen molar-refractivity contribution in [3.63, 3.8) is 0 Å². The molecule has 0 spiro atoms. The van der Waals surface area contributed by atoms with Crippen LogP contribution in [0.2, 0.25) is 0 Å². The van der Waals surface area contributed by atoms with Crippen LogP contribution in [0.3, 0.4) is 0 Å².